The fourth-order valence-electron chi connectivity index (χ4n) is 4.08. The van der Waals surface area contributed by atoms with Gasteiger partial charge in [-0.15, -0.1) is 0 Å². The summed E-state index contributed by atoms with van der Waals surface area (Å²) in [6, 6.07) is 0.292. The van der Waals surface area contributed by atoms with Gasteiger partial charge in [-0.25, -0.2) is 8.42 Å². The van der Waals surface area contributed by atoms with Crippen molar-refractivity contribution in [2.75, 3.05) is 20.2 Å². The van der Waals surface area contributed by atoms with Gasteiger partial charge in [-0.1, -0.05) is 33.6 Å². The molecule has 27 heavy (non-hydrogen) atoms. The van der Waals surface area contributed by atoms with Crippen molar-refractivity contribution in [2.45, 2.75) is 75.6 Å². The Morgan fingerprint density at radius 1 is 1.15 bits per heavy atom. The van der Waals surface area contributed by atoms with Crippen LogP contribution in [0.2, 0.25) is 0 Å². The van der Waals surface area contributed by atoms with Gasteiger partial charge in [-0.3, -0.25) is 9.48 Å². The van der Waals surface area contributed by atoms with Crippen LogP contribution in [0.4, 0.5) is 0 Å². The van der Waals surface area contributed by atoms with Crippen molar-refractivity contribution in [2.24, 2.45) is 5.92 Å². The van der Waals surface area contributed by atoms with E-state index in [1.807, 2.05) is 25.5 Å². The quantitative estimate of drug-likeness (QED) is 0.730. The molecule has 0 bridgehead atoms. The summed E-state index contributed by atoms with van der Waals surface area (Å²) in [4.78, 5) is 12.0. The average Bonchev–Trinajstić information content (AvgIpc) is 3.30. The highest BCUT2D eigenvalue weighted by atomic mass is 32.2. The molecule has 7 nitrogen and oxygen atoms in total. The first kappa shape index (κ1) is 20.3. The van der Waals surface area contributed by atoms with Crippen molar-refractivity contribution in [3.05, 3.63) is 11.9 Å². The number of piperidine rings is 1. The van der Waals surface area contributed by atoms with E-state index in [0.717, 1.165) is 12.8 Å². The summed E-state index contributed by atoms with van der Waals surface area (Å²) >= 11 is 0. The number of sulfonamides is 1. The molecule has 2 aliphatic rings. The summed E-state index contributed by atoms with van der Waals surface area (Å²) in [6.45, 7) is 6.66. The Kier molecular flexibility index (Phi) is 5.68. The normalized spacial score (nSPS) is 20.9. The van der Waals surface area contributed by atoms with Gasteiger partial charge < -0.3 is 4.74 Å². The van der Waals surface area contributed by atoms with E-state index in [1.165, 1.54) is 24.3 Å². The molecule has 0 unspecified atom stereocenters. The third kappa shape index (κ3) is 4.06. The molecule has 3 rings (SSSR count). The minimum atomic E-state index is -3.64. The Balaban J connectivity index is 1.88. The van der Waals surface area contributed by atoms with Gasteiger partial charge in [-0.2, -0.15) is 9.40 Å². The average molecular weight is 398 g/mol. The van der Waals surface area contributed by atoms with Gasteiger partial charge >= 0.3 is 5.97 Å². The minimum absolute atomic E-state index is 0.218. The maximum Gasteiger partial charge on any atom is 0.308 e. The van der Waals surface area contributed by atoms with Crippen LogP contribution in [0.3, 0.4) is 0 Å². The first-order valence-corrected chi connectivity index (χ1v) is 11.3. The second kappa shape index (κ2) is 7.54. The van der Waals surface area contributed by atoms with E-state index in [0.29, 0.717) is 42.6 Å². The number of esters is 1. The molecule has 1 aliphatic carbocycles. The van der Waals surface area contributed by atoms with Crippen LogP contribution in [0.15, 0.2) is 11.1 Å². The van der Waals surface area contributed by atoms with Crippen LogP contribution in [-0.4, -0.2) is 48.7 Å². The third-order valence-electron chi connectivity index (χ3n) is 5.71. The first-order valence-electron chi connectivity index (χ1n) is 9.82. The summed E-state index contributed by atoms with van der Waals surface area (Å²) < 4.78 is 34.9. The minimum Gasteiger partial charge on any atom is -0.469 e. The second-order valence-corrected chi connectivity index (χ2v) is 10.6. The van der Waals surface area contributed by atoms with Gasteiger partial charge in [-0.05, 0) is 25.7 Å². The maximum absolute atomic E-state index is 13.4. The zero-order valence-electron chi connectivity index (χ0n) is 16.8. The Morgan fingerprint density at radius 2 is 1.74 bits per heavy atom. The molecule has 0 aromatic carbocycles. The fourth-order valence-corrected chi connectivity index (χ4v) is 5.88. The lowest BCUT2D eigenvalue weighted by atomic mass is 9.92. The Morgan fingerprint density at radius 3 is 2.26 bits per heavy atom. The van der Waals surface area contributed by atoms with E-state index in [1.54, 1.807) is 6.20 Å². The highest BCUT2D eigenvalue weighted by Gasteiger charge is 2.38. The highest BCUT2D eigenvalue weighted by molar-refractivity contribution is 7.89. The van der Waals surface area contributed by atoms with Gasteiger partial charge in [0.1, 0.15) is 4.90 Å². The lowest BCUT2D eigenvalue weighted by Crippen LogP contribution is -2.41. The zero-order chi connectivity index (χ0) is 19.8. The van der Waals surface area contributed by atoms with Gasteiger partial charge in [0.25, 0.3) is 0 Å². The van der Waals surface area contributed by atoms with Crippen LogP contribution in [-0.2, 0) is 25.0 Å². The number of hydrogen-bond acceptors (Lipinski definition) is 5. The maximum atomic E-state index is 13.4. The molecular formula is C19H31N3O4S. The Hall–Kier alpha value is -1.41. The van der Waals surface area contributed by atoms with Crippen LogP contribution in [0.1, 0.15) is 71.0 Å². The lowest BCUT2D eigenvalue weighted by Gasteiger charge is -2.30. The van der Waals surface area contributed by atoms with Crippen molar-refractivity contribution >= 4 is 16.0 Å². The molecule has 1 aromatic rings. The number of hydrogen-bond donors (Lipinski definition) is 0. The van der Waals surface area contributed by atoms with Crippen LogP contribution in [0.25, 0.3) is 0 Å². The predicted octanol–water partition coefficient (Wildman–Crippen LogP) is 2.87. The van der Waals surface area contributed by atoms with Crippen LogP contribution < -0.4 is 0 Å². The number of ether oxygens (including phenoxy) is 1. The summed E-state index contributed by atoms with van der Waals surface area (Å²) in [5.74, 6) is -0.471. The van der Waals surface area contributed by atoms with Crippen LogP contribution in [0, 0.1) is 5.92 Å². The third-order valence-corrected chi connectivity index (χ3v) is 7.61. The largest absolute Gasteiger partial charge is 0.469 e. The molecule has 2 heterocycles. The van der Waals surface area contributed by atoms with E-state index in [9.17, 15) is 13.2 Å². The fraction of sp³-hybridized carbons (Fsp3) is 0.789. The number of nitrogens with zero attached hydrogens (tertiary/aromatic N) is 3. The Labute approximate surface area is 162 Å². The zero-order valence-corrected chi connectivity index (χ0v) is 17.6. The number of rotatable bonds is 4. The molecule has 1 aromatic heterocycles. The Bertz CT molecular complexity index is 780. The number of aromatic nitrogens is 2. The van der Waals surface area contributed by atoms with Crippen molar-refractivity contribution in [3.8, 4) is 0 Å². The second-order valence-electron chi connectivity index (χ2n) is 8.71. The molecule has 1 saturated heterocycles. The van der Waals surface area contributed by atoms with Gasteiger partial charge in [0.05, 0.1) is 24.8 Å². The molecule has 2 fully saturated rings. The van der Waals surface area contributed by atoms with E-state index < -0.39 is 10.0 Å². The molecule has 1 aliphatic heterocycles. The van der Waals surface area contributed by atoms with E-state index in [4.69, 9.17) is 9.84 Å². The van der Waals surface area contributed by atoms with Crippen molar-refractivity contribution in [1.29, 1.82) is 0 Å². The molecule has 8 heteroatoms. The lowest BCUT2D eigenvalue weighted by molar-refractivity contribution is -0.146. The van der Waals surface area contributed by atoms with Gasteiger partial charge in [0, 0.05) is 24.7 Å². The molecular weight excluding hydrogens is 366 g/mol. The van der Waals surface area contributed by atoms with Gasteiger partial charge in [0.15, 0.2) is 0 Å². The molecule has 152 valence electrons. The van der Waals surface area contributed by atoms with E-state index in [-0.39, 0.29) is 17.3 Å². The van der Waals surface area contributed by atoms with E-state index >= 15 is 0 Å². The number of methoxy groups -OCH3 is 1. The van der Waals surface area contributed by atoms with Crippen molar-refractivity contribution in [3.63, 3.8) is 0 Å². The smallest absolute Gasteiger partial charge is 0.308 e. The van der Waals surface area contributed by atoms with Crippen molar-refractivity contribution in [1.82, 2.24) is 14.1 Å². The van der Waals surface area contributed by atoms with E-state index in [2.05, 4.69) is 0 Å². The van der Waals surface area contributed by atoms with Gasteiger partial charge in [0.2, 0.25) is 10.0 Å². The van der Waals surface area contributed by atoms with Crippen LogP contribution >= 0.6 is 0 Å². The number of carbonyl (C=O) groups is 1. The summed E-state index contributed by atoms with van der Waals surface area (Å²) in [5, 5.41) is 4.72. The summed E-state index contributed by atoms with van der Waals surface area (Å²) in [7, 11) is -2.27. The topological polar surface area (TPSA) is 81.5 Å². The van der Waals surface area contributed by atoms with Crippen LogP contribution in [0.5, 0.6) is 0 Å². The standard InChI is InChI=1S/C19H31N3O4S/c1-19(2,3)17-16(13-22(20-17)15-7-5-6-8-15)27(24,25)21-11-9-14(10-12-21)18(23)26-4/h13-15H,5-12H2,1-4H3. The number of carbonyl (C=O) groups excluding carboxylic acids is 1. The molecule has 0 spiro atoms. The predicted molar refractivity (Wildman–Crippen MR) is 102 cm³/mol. The first-order chi connectivity index (χ1) is 12.6. The molecule has 1 saturated carbocycles. The van der Waals surface area contributed by atoms with Crippen molar-refractivity contribution < 1.29 is 17.9 Å². The SMILES string of the molecule is COC(=O)C1CCN(S(=O)(=O)c2cn(C3CCCC3)nc2C(C)(C)C)CC1. The molecule has 0 N–H and O–H groups in total. The monoisotopic (exact) mass is 397 g/mol. The molecule has 0 atom stereocenters. The molecule has 0 radical (unpaired) electrons. The highest BCUT2D eigenvalue weighted by Crippen LogP contribution is 2.35. The summed E-state index contributed by atoms with van der Waals surface area (Å²) in [6.07, 6.45) is 7.15. The summed E-state index contributed by atoms with van der Waals surface area (Å²) in [5.41, 5.74) is 0.265. The molecule has 0 amide bonds.